The SMILES string of the molecule is COC(=O)[C@H]1CN(C(=O)CSc2nncn2-c2cccc(OC)c2)CCS1. The summed E-state index contributed by atoms with van der Waals surface area (Å²) in [5.74, 6) is 1.35. The normalized spacial score (nSPS) is 16.8. The molecular weight excluding hydrogens is 388 g/mol. The number of carbonyl (C=O) groups is 2. The molecule has 27 heavy (non-hydrogen) atoms. The summed E-state index contributed by atoms with van der Waals surface area (Å²) in [6, 6.07) is 7.53. The Morgan fingerprint density at radius 3 is 3.00 bits per heavy atom. The molecular formula is C17H20N4O4S2. The quantitative estimate of drug-likeness (QED) is 0.525. The van der Waals surface area contributed by atoms with E-state index >= 15 is 0 Å². The van der Waals surface area contributed by atoms with E-state index in [1.807, 2.05) is 28.8 Å². The molecule has 1 aliphatic heterocycles. The predicted molar refractivity (Wildman–Crippen MR) is 103 cm³/mol. The molecule has 10 heteroatoms. The van der Waals surface area contributed by atoms with Gasteiger partial charge >= 0.3 is 5.97 Å². The largest absolute Gasteiger partial charge is 0.497 e. The van der Waals surface area contributed by atoms with Crippen LogP contribution in [0.15, 0.2) is 35.7 Å². The van der Waals surface area contributed by atoms with Crippen LogP contribution in [0.2, 0.25) is 0 Å². The van der Waals surface area contributed by atoms with E-state index in [2.05, 4.69) is 10.2 Å². The van der Waals surface area contributed by atoms with Crippen molar-refractivity contribution in [1.82, 2.24) is 19.7 Å². The minimum Gasteiger partial charge on any atom is -0.497 e. The van der Waals surface area contributed by atoms with Gasteiger partial charge in [-0.2, -0.15) is 0 Å². The second-order valence-corrected chi connectivity index (χ2v) is 7.95. The molecule has 0 radical (unpaired) electrons. The molecule has 0 unspecified atom stereocenters. The van der Waals surface area contributed by atoms with Crippen molar-refractivity contribution in [3.05, 3.63) is 30.6 Å². The smallest absolute Gasteiger partial charge is 0.320 e. The Hall–Kier alpha value is -2.20. The van der Waals surface area contributed by atoms with Gasteiger partial charge in [0.2, 0.25) is 5.91 Å². The van der Waals surface area contributed by atoms with E-state index in [0.717, 1.165) is 17.2 Å². The third-order valence-corrected chi connectivity index (χ3v) is 6.15. The summed E-state index contributed by atoms with van der Waals surface area (Å²) in [6.07, 6.45) is 1.60. The Balaban J connectivity index is 1.63. The molecule has 1 saturated heterocycles. The number of ether oxygens (including phenoxy) is 2. The predicted octanol–water partition coefficient (Wildman–Crippen LogP) is 1.48. The highest BCUT2D eigenvalue weighted by Crippen LogP contribution is 2.24. The Kier molecular flexibility index (Phi) is 6.62. The summed E-state index contributed by atoms with van der Waals surface area (Å²) in [5, 5.41) is 8.36. The fraction of sp³-hybridized carbons (Fsp3) is 0.412. The van der Waals surface area contributed by atoms with E-state index in [-0.39, 0.29) is 22.9 Å². The summed E-state index contributed by atoms with van der Waals surface area (Å²) in [5.41, 5.74) is 0.856. The first-order chi connectivity index (χ1) is 13.1. The average Bonchev–Trinajstić information content (AvgIpc) is 3.20. The number of carbonyl (C=O) groups excluding carboxylic acids is 2. The molecule has 3 rings (SSSR count). The van der Waals surface area contributed by atoms with E-state index < -0.39 is 0 Å². The number of esters is 1. The van der Waals surface area contributed by atoms with Crippen LogP contribution < -0.4 is 4.74 Å². The zero-order valence-electron chi connectivity index (χ0n) is 15.0. The van der Waals surface area contributed by atoms with Crippen LogP contribution in [0.4, 0.5) is 0 Å². The summed E-state index contributed by atoms with van der Waals surface area (Å²) >= 11 is 2.84. The molecule has 1 atom stereocenters. The number of nitrogens with zero attached hydrogens (tertiary/aromatic N) is 4. The summed E-state index contributed by atoms with van der Waals surface area (Å²) in [6.45, 7) is 0.999. The Labute approximate surface area is 165 Å². The second kappa shape index (κ2) is 9.14. The molecule has 1 aromatic heterocycles. The molecule has 2 heterocycles. The van der Waals surface area contributed by atoms with Crippen molar-refractivity contribution in [1.29, 1.82) is 0 Å². The molecule has 2 aromatic rings. The molecule has 0 spiro atoms. The zero-order chi connectivity index (χ0) is 19.2. The van der Waals surface area contributed by atoms with Gasteiger partial charge in [-0.3, -0.25) is 14.2 Å². The average molecular weight is 409 g/mol. The van der Waals surface area contributed by atoms with Gasteiger partial charge in [-0.25, -0.2) is 0 Å². The van der Waals surface area contributed by atoms with Crippen LogP contribution in [-0.2, 0) is 14.3 Å². The third-order valence-electron chi connectivity index (χ3n) is 4.06. The number of thioether (sulfide) groups is 2. The van der Waals surface area contributed by atoms with Crippen LogP contribution in [0.5, 0.6) is 5.75 Å². The van der Waals surface area contributed by atoms with Crippen molar-refractivity contribution in [2.45, 2.75) is 10.4 Å². The zero-order valence-corrected chi connectivity index (χ0v) is 16.7. The molecule has 1 aliphatic rings. The number of rotatable bonds is 6. The molecule has 0 aliphatic carbocycles. The van der Waals surface area contributed by atoms with Gasteiger partial charge in [0.15, 0.2) is 5.16 Å². The van der Waals surface area contributed by atoms with E-state index in [1.54, 1.807) is 18.3 Å². The lowest BCUT2D eigenvalue weighted by Crippen LogP contribution is -2.45. The number of methoxy groups -OCH3 is 2. The van der Waals surface area contributed by atoms with E-state index in [0.29, 0.717) is 18.2 Å². The molecule has 0 bridgehead atoms. The molecule has 1 amide bonds. The fourth-order valence-electron chi connectivity index (χ4n) is 2.63. The summed E-state index contributed by atoms with van der Waals surface area (Å²) in [7, 11) is 2.98. The fourth-order valence-corrected chi connectivity index (χ4v) is 4.59. The van der Waals surface area contributed by atoms with Crippen molar-refractivity contribution in [2.75, 3.05) is 38.8 Å². The standard InChI is InChI=1S/C17H20N4O4S2/c1-24-13-5-3-4-12(8-13)21-11-18-19-17(21)27-10-15(22)20-6-7-26-14(9-20)16(23)25-2/h3-5,8,11,14H,6-7,9-10H2,1-2H3/t14-/m1/s1. The summed E-state index contributed by atoms with van der Waals surface area (Å²) < 4.78 is 11.8. The van der Waals surface area contributed by atoms with Gasteiger partial charge in [0.05, 0.1) is 25.7 Å². The highest BCUT2D eigenvalue weighted by atomic mass is 32.2. The lowest BCUT2D eigenvalue weighted by atomic mass is 10.3. The molecule has 144 valence electrons. The van der Waals surface area contributed by atoms with Crippen LogP contribution in [0.3, 0.4) is 0 Å². The number of hydrogen-bond acceptors (Lipinski definition) is 8. The van der Waals surface area contributed by atoms with Crippen molar-refractivity contribution < 1.29 is 19.1 Å². The Morgan fingerprint density at radius 1 is 1.37 bits per heavy atom. The number of benzene rings is 1. The highest BCUT2D eigenvalue weighted by molar-refractivity contribution is 8.00. The van der Waals surface area contributed by atoms with Crippen molar-refractivity contribution in [2.24, 2.45) is 0 Å². The van der Waals surface area contributed by atoms with E-state index in [4.69, 9.17) is 9.47 Å². The van der Waals surface area contributed by atoms with Gasteiger partial charge in [0, 0.05) is 24.9 Å². The molecule has 0 saturated carbocycles. The number of amides is 1. The second-order valence-electron chi connectivity index (χ2n) is 5.70. The Bertz CT molecular complexity index is 814. The van der Waals surface area contributed by atoms with Gasteiger partial charge in [-0.05, 0) is 12.1 Å². The lowest BCUT2D eigenvalue weighted by molar-refractivity contribution is -0.141. The van der Waals surface area contributed by atoms with Crippen LogP contribution >= 0.6 is 23.5 Å². The van der Waals surface area contributed by atoms with Crippen LogP contribution in [-0.4, -0.2) is 75.6 Å². The first kappa shape index (κ1) is 19.6. The van der Waals surface area contributed by atoms with Crippen LogP contribution in [0.25, 0.3) is 5.69 Å². The monoisotopic (exact) mass is 408 g/mol. The topological polar surface area (TPSA) is 86.5 Å². The lowest BCUT2D eigenvalue weighted by Gasteiger charge is -2.30. The first-order valence-corrected chi connectivity index (χ1v) is 10.3. The molecule has 8 nitrogen and oxygen atoms in total. The highest BCUT2D eigenvalue weighted by Gasteiger charge is 2.29. The Morgan fingerprint density at radius 2 is 2.22 bits per heavy atom. The van der Waals surface area contributed by atoms with Gasteiger partial charge < -0.3 is 14.4 Å². The minimum atomic E-state index is -0.321. The van der Waals surface area contributed by atoms with Crippen molar-refractivity contribution >= 4 is 35.4 Å². The maximum absolute atomic E-state index is 12.6. The third kappa shape index (κ3) is 4.75. The van der Waals surface area contributed by atoms with Crippen LogP contribution in [0, 0.1) is 0 Å². The molecule has 1 aromatic carbocycles. The first-order valence-electron chi connectivity index (χ1n) is 8.27. The number of hydrogen-bond donors (Lipinski definition) is 0. The van der Waals surface area contributed by atoms with Crippen molar-refractivity contribution in [3.63, 3.8) is 0 Å². The maximum atomic E-state index is 12.6. The van der Waals surface area contributed by atoms with Gasteiger partial charge in [0.1, 0.15) is 17.3 Å². The van der Waals surface area contributed by atoms with Crippen LogP contribution in [0.1, 0.15) is 0 Å². The van der Waals surface area contributed by atoms with E-state index in [1.165, 1.54) is 30.6 Å². The van der Waals surface area contributed by atoms with Gasteiger partial charge in [-0.15, -0.1) is 22.0 Å². The van der Waals surface area contributed by atoms with Crippen molar-refractivity contribution in [3.8, 4) is 11.4 Å². The summed E-state index contributed by atoms with van der Waals surface area (Å²) in [4.78, 5) is 26.0. The van der Waals surface area contributed by atoms with E-state index in [9.17, 15) is 9.59 Å². The maximum Gasteiger partial charge on any atom is 0.320 e. The molecule has 1 fully saturated rings. The van der Waals surface area contributed by atoms with Gasteiger partial charge in [-0.1, -0.05) is 17.8 Å². The number of aromatic nitrogens is 3. The van der Waals surface area contributed by atoms with Gasteiger partial charge in [0.25, 0.3) is 0 Å². The minimum absolute atomic E-state index is 0.0330. The molecule has 0 N–H and O–H groups in total.